The van der Waals surface area contributed by atoms with Crippen LogP contribution >= 0.6 is 23.8 Å². The number of halogens is 2. The number of piperidine rings is 1. The highest BCUT2D eigenvalue weighted by Gasteiger charge is 2.38. The number of likely N-dealkylation sites (tertiary alicyclic amines) is 1. The Kier molecular flexibility index (Phi) is 4.82. The van der Waals surface area contributed by atoms with Gasteiger partial charge in [0.15, 0.2) is 10.9 Å². The van der Waals surface area contributed by atoms with Crippen LogP contribution in [0, 0.1) is 5.82 Å². The van der Waals surface area contributed by atoms with Gasteiger partial charge in [-0.05, 0) is 36.8 Å². The molecule has 0 bridgehead atoms. The Hall–Kier alpha value is -0.950. The maximum absolute atomic E-state index is 13.2. The summed E-state index contributed by atoms with van der Waals surface area (Å²) in [7, 11) is 0. The van der Waals surface area contributed by atoms with Crippen LogP contribution in [-0.4, -0.2) is 42.1 Å². The molecule has 2 aliphatic heterocycles. The monoisotopic (exact) mass is 344 g/mol. The molecule has 4 nitrogen and oxygen atoms in total. The molecule has 1 N–H and O–H groups in total. The second kappa shape index (κ2) is 6.66. The van der Waals surface area contributed by atoms with Crippen LogP contribution in [0.2, 0.25) is 5.02 Å². The van der Waals surface area contributed by atoms with Gasteiger partial charge < -0.3 is 19.7 Å². The molecule has 3 rings (SSSR count). The average molecular weight is 345 g/mol. The predicted octanol–water partition coefficient (Wildman–Crippen LogP) is 3.40. The molecule has 22 heavy (non-hydrogen) atoms. The quantitative estimate of drug-likeness (QED) is 0.790. The molecular formula is C15H18ClFN2O2S. The Balaban J connectivity index is 1.56. The third-order valence-corrected chi connectivity index (χ3v) is 4.65. The summed E-state index contributed by atoms with van der Waals surface area (Å²) < 4.78 is 24.8. The Morgan fingerprint density at radius 2 is 1.95 bits per heavy atom. The third kappa shape index (κ3) is 3.51. The van der Waals surface area contributed by atoms with Crippen molar-refractivity contribution in [3.63, 3.8) is 0 Å². The van der Waals surface area contributed by atoms with Crippen molar-refractivity contribution < 1.29 is 13.9 Å². The van der Waals surface area contributed by atoms with Crippen LogP contribution < -0.4 is 5.32 Å². The van der Waals surface area contributed by atoms with Crippen molar-refractivity contribution in [2.75, 3.05) is 31.6 Å². The fourth-order valence-corrected chi connectivity index (χ4v) is 3.21. The fraction of sp³-hybridized carbons (Fsp3) is 0.533. The van der Waals surface area contributed by atoms with E-state index >= 15 is 0 Å². The molecule has 120 valence electrons. The van der Waals surface area contributed by atoms with Gasteiger partial charge in [-0.25, -0.2) is 4.39 Å². The molecule has 1 aromatic carbocycles. The lowest BCUT2D eigenvalue weighted by atomic mass is 10.0. The van der Waals surface area contributed by atoms with Crippen LogP contribution in [-0.2, 0) is 9.47 Å². The van der Waals surface area contributed by atoms with Crippen LogP contribution in [0.3, 0.4) is 0 Å². The number of rotatable bonds is 1. The molecule has 1 aromatic rings. The minimum atomic E-state index is -0.440. The maximum Gasteiger partial charge on any atom is 0.173 e. The van der Waals surface area contributed by atoms with Crippen LogP contribution in [0.25, 0.3) is 0 Å². The lowest BCUT2D eigenvalue weighted by Crippen LogP contribution is -2.52. The smallest absolute Gasteiger partial charge is 0.173 e. The van der Waals surface area contributed by atoms with Gasteiger partial charge in [0.2, 0.25) is 0 Å². The van der Waals surface area contributed by atoms with Gasteiger partial charge in [0.1, 0.15) is 5.82 Å². The molecule has 2 saturated heterocycles. The number of hydrogen-bond donors (Lipinski definition) is 1. The SMILES string of the molecule is Fc1ccc(NC(=S)N2CCC3(CC2)OCCCO3)cc1Cl. The van der Waals surface area contributed by atoms with E-state index in [0.29, 0.717) is 10.8 Å². The van der Waals surface area contributed by atoms with Crippen molar-refractivity contribution in [2.24, 2.45) is 0 Å². The molecule has 2 heterocycles. The second-order valence-corrected chi connectivity index (χ2v) is 6.30. The van der Waals surface area contributed by atoms with Gasteiger partial charge in [-0.1, -0.05) is 11.6 Å². The van der Waals surface area contributed by atoms with Gasteiger partial charge in [0.05, 0.1) is 18.2 Å². The van der Waals surface area contributed by atoms with E-state index in [1.165, 1.54) is 12.1 Å². The summed E-state index contributed by atoms with van der Waals surface area (Å²) in [5, 5.41) is 3.78. The van der Waals surface area contributed by atoms with Crippen molar-refractivity contribution >= 4 is 34.6 Å². The number of hydrogen-bond acceptors (Lipinski definition) is 3. The molecule has 1 spiro atoms. The van der Waals surface area contributed by atoms with Gasteiger partial charge in [-0.3, -0.25) is 0 Å². The molecule has 2 fully saturated rings. The van der Waals surface area contributed by atoms with Crippen LogP contribution in [0.5, 0.6) is 0 Å². The van der Waals surface area contributed by atoms with E-state index in [-0.39, 0.29) is 5.02 Å². The van der Waals surface area contributed by atoms with Crippen molar-refractivity contribution in [2.45, 2.75) is 25.0 Å². The number of thiocarbonyl (C=S) groups is 1. The molecular weight excluding hydrogens is 327 g/mol. The van der Waals surface area contributed by atoms with Gasteiger partial charge in [0, 0.05) is 31.6 Å². The van der Waals surface area contributed by atoms with E-state index in [1.807, 2.05) is 0 Å². The molecule has 0 radical (unpaired) electrons. The minimum Gasteiger partial charge on any atom is -0.350 e. The zero-order valence-electron chi connectivity index (χ0n) is 12.1. The van der Waals surface area contributed by atoms with E-state index < -0.39 is 11.6 Å². The number of anilines is 1. The van der Waals surface area contributed by atoms with E-state index in [1.54, 1.807) is 6.07 Å². The molecule has 0 unspecified atom stereocenters. The highest BCUT2D eigenvalue weighted by atomic mass is 35.5. The first kappa shape index (κ1) is 15.9. The summed E-state index contributed by atoms with van der Waals surface area (Å²) in [6, 6.07) is 4.47. The summed E-state index contributed by atoms with van der Waals surface area (Å²) in [5.41, 5.74) is 0.682. The maximum atomic E-state index is 13.2. The van der Waals surface area contributed by atoms with E-state index in [9.17, 15) is 4.39 Å². The molecule has 2 aliphatic rings. The van der Waals surface area contributed by atoms with Gasteiger partial charge in [-0.2, -0.15) is 0 Å². The molecule has 0 aromatic heterocycles. The highest BCUT2D eigenvalue weighted by molar-refractivity contribution is 7.80. The Labute approximate surface area is 139 Å². The molecule has 0 aliphatic carbocycles. The Morgan fingerprint density at radius 1 is 1.27 bits per heavy atom. The van der Waals surface area contributed by atoms with Gasteiger partial charge in [0.25, 0.3) is 0 Å². The fourth-order valence-electron chi connectivity index (χ4n) is 2.73. The Bertz CT molecular complexity index is 556. The highest BCUT2D eigenvalue weighted by Crippen LogP contribution is 2.31. The van der Waals surface area contributed by atoms with Crippen molar-refractivity contribution in [3.05, 3.63) is 29.0 Å². The van der Waals surface area contributed by atoms with E-state index in [4.69, 9.17) is 33.3 Å². The standard InChI is InChI=1S/C15H18ClFN2O2S/c16-12-10-11(2-3-13(12)17)18-14(22)19-6-4-15(5-7-19)20-8-1-9-21-15/h2-3,10H,1,4-9H2,(H,18,22). The molecule has 0 atom stereocenters. The summed E-state index contributed by atoms with van der Waals surface area (Å²) in [5.74, 6) is -0.867. The summed E-state index contributed by atoms with van der Waals surface area (Å²) in [6.45, 7) is 3.05. The van der Waals surface area contributed by atoms with E-state index in [0.717, 1.165) is 45.6 Å². The van der Waals surface area contributed by atoms with Crippen LogP contribution in [0.15, 0.2) is 18.2 Å². The molecule has 7 heteroatoms. The average Bonchev–Trinajstić information content (AvgIpc) is 2.52. The van der Waals surface area contributed by atoms with E-state index in [2.05, 4.69) is 10.2 Å². The normalized spacial score (nSPS) is 20.9. The Morgan fingerprint density at radius 3 is 2.59 bits per heavy atom. The zero-order chi connectivity index (χ0) is 15.6. The third-order valence-electron chi connectivity index (χ3n) is 4.00. The lowest BCUT2D eigenvalue weighted by molar-refractivity contribution is -0.281. The summed E-state index contributed by atoms with van der Waals surface area (Å²) in [4.78, 5) is 2.07. The minimum absolute atomic E-state index is 0.0782. The summed E-state index contributed by atoms with van der Waals surface area (Å²) >= 11 is 11.2. The predicted molar refractivity (Wildman–Crippen MR) is 87.7 cm³/mol. The zero-order valence-corrected chi connectivity index (χ0v) is 13.7. The number of ether oxygens (including phenoxy) is 2. The number of nitrogens with zero attached hydrogens (tertiary/aromatic N) is 1. The first-order valence-corrected chi connectivity index (χ1v) is 8.16. The number of benzene rings is 1. The molecule has 0 saturated carbocycles. The largest absolute Gasteiger partial charge is 0.350 e. The van der Waals surface area contributed by atoms with Crippen molar-refractivity contribution in [1.82, 2.24) is 4.90 Å². The topological polar surface area (TPSA) is 33.7 Å². The van der Waals surface area contributed by atoms with Crippen molar-refractivity contribution in [3.8, 4) is 0 Å². The van der Waals surface area contributed by atoms with Crippen molar-refractivity contribution in [1.29, 1.82) is 0 Å². The van der Waals surface area contributed by atoms with Crippen LogP contribution in [0.1, 0.15) is 19.3 Å². The number of nitrogens with one attached hydrogen (secondary N) is 1. The van der Waals surface area contributed by atoms with Gasteiger partial charge >= 0.3 is 0 Å². The summed E-state index contributed by atoms with van der Waals surface area (Å²) in [6.07, 6.45) is 2.54. The lowest BCUT2D eigenvalue weighted by Gasteiger charge is -2.44. The van der Waals surface area contributed by atoms with Crippen LogP contribution in [0.4, 0.5) is 10.1 Å². The molecule has 0 amide bonds. The van der Waals surface area contributed by atoms with Gasteiger partial charge in [-0.15, -0.1) is 0 Å². The first-order chi connectivity index (χ1) is 10.6. The second-order valence-electron chi connectivity index (χ2n) is 5.51. The first-order valence-electron chi connectivity index (χ1n) is 7.37.